The molecule has 7 heteroatoms. The van der Waals surface area contributed by atoms with E-state index in [1.165, 1.54) is 6.07 Å². The molecule has 1 aliphatic rings. The first kappa shape index (κ1) is 19.6. The first-order chi connectivity index (χ1) is 12.2. The Morgan fingerprint density at radius 1 is 1.20 bits per heavy atom. The number of guanidine groups is 1. The standard InChI is InChI=1S/C18H28F2N4O/c1-2-21-18(23-14-15-13-16(19)5-6-17(15)20)22-7-3-4-8-24-9-11-25-12-10-24/h5-6,13H,2-4,7-12,14H2,1H3,(H2,21,22,23). The van der Waals surface area contributed by atoms with Crippen LogP contribution in [0, 0.1) is 11.6 Å². The van der Waals surface area contributed by atoms with Gasteiger partial charge in [-0.25, -0.2) is 13.8 Å². The van der Waals surface area contributed by atoms with Crippen molar-refractivity contribution in [3.8, 4) is 0 Å². The zero-order valence-corrected chi connectivity index (χ0v) is 14.9. The van der Waals surface area contributed by atoms with E-state index in [0.29, 0.717) is 12.5 Å². The zero-order chi connectivity index (χ0) is 17.9. The lowest BCUT2D eigenvalue weighted by molar-refractivity contribution is 0.0372. The number of aliphatic imine (C=N–C) groups is 1. The Hall–Kier alpha value is -1.73. The summed E-state index contributed by atoms with van der Waals surface area (Å²) in [5.41, 5.74) is 0.254. The summed E-state index contributed by atoms with van der Waals surface area (Å²) < 4.78 is 32.2. The largest absolute Gasteiger partial charge is 0.379 e. The number of ether oxygens (including phenoxy) is 1. The molecule has 140 valence electrons. The third-order valence-corrected chi connectivity index (χ3v) is 4.06. The van der Waals surface area contributed by atoms with Crippen LogP contribution in [0.5, 0.6) is 0 Å². The van der Waals surface area contributed by atoms with Crippen molar-refractivity contribution in [3.05, 3.63) is 35.4 Å². The van der Waals surface area contributed by atoms with Crippen molar-refractivity contribution in [3.63, 3.8) is 0 Å². The Kier molecular flexibility index (Phi) is 8.62. The van der Waals surface area contributed by atoms with Crippen molar-refractivity contribution in [1.29, 1.82) is 0 Å². The summed E-state index contributed by atoms with van der Waals surface area (Å²) >= 11 is 0. The second-order valence-electron chi connectivity index (χ2n) is 6.02. The van der Waals surface area contributed by atoms with Crippen LogP contribution in [0.1, 0.15) is 25.3 Å². The Labute approximate surface area is 148 Å². The predicted octanol–water partition coefficient (Wildman–Crippen LogP) is 2.13. The normalized spacial score (nSPS) is 16.0. The van der Waals surface area contributed by atoms with Crippen LogP contribution in [-0.2, 0) is 11.3 Å². The fraction of sp³-hybridized carbons (Fsp3) is 0.611. The van der Waals surface area contributed by atoms with Crippen LogP contribution in [-0.4, -0.2) is 56.8 Å². The molecule has 1 fully saturated rings. The van der Waals surface area contributed by atoms with Crippen LogP contribution in [0.3, 0.4) is 0 Å². The number of rotatable bonds is 8. The predicted molar refractivity (Wildman–Crippen MR) is 95.7 cm³/mol. The molecule has 0 aliphatic carbocycles. The van der Waals surface area contributed by atoms with Gasteiger partial charge in [0.2, 0.25) is 0 Å². The average molecular weight is 354 g/mol. The molecular weight excluding hydrogens is 326 g/mol. The van der Waals surface area contributed by atoms with E-state index in [0.717, 1.165) is 64.4 Å². The number of benzene rings is 1. The van der Waals surface area contributed by atoms with Gasteiger partial charge in [-0.1, -0.05) is 0 Å². The van der Waals surface area contributed by atoms with Crippen LogP contribution in [0.2, 0.25) is 0 Å². The minimum absolute atomic E-state index is 0.104. The van der Waals surface area contributed by atoms with E-state index in [9.17, 15) is 8.78 Å². The quantitative estimate of drug-likeness (QED) is 0.427. The van der Waals surface area contributed by atoms with Crippen LogP contribution in [0.25, 0.3) is 0 Å². The number of nitrogens with one attached hydrogen (secondary N) is 2. The maximum atomic E-state index is 13.6. The Morgan fingerprint density at radius 3 is 2.76 bits per heavy atom. The highest BCUT2D eigenvalue weighted by Gasteiger charge is 2.09. The Bertz CT molecular complexity index is 548. The third-order valence-electron chi connectivity index (χ3n) is 4.06. The molecule has 1 aromatic rings. The van der Waals surface area contributed by atoms with E-state index >= 15 is 0 Å². The molecule has 0 bridgehead atoms. The van der Waals surface area contributed by atoms with Gasteiger partial charge in [-0.2, -0.15) is 0 Å². The van der Waals surface area contributed by atoms with Crippen molar-refractivity contribution in [2.24, 2.45) is 4.99 Å². The van der Waals surface area contributed by atoms with E-state index in [1.54, 1.807) is 0 Å². The zero-order valence-electron chi connectivity index (χ0n) is 14.9. The highest BCUT2D eigenvalue weighted by Crippen LogP contribution is 2.10. The molecule has 1 heterocycles. The van der Waals surface area contributed by atoms with Gasteiger partial charge in [0.1, 0.15) is 11.6 Å². The topological polar surface area (TPSA) is 48.9 Å². The third kappa shape index (κ3) is 7.36. The maximum Gasteiger partial charge on any atom is 0.191 e. The van der Waals surface area contributed by atoms with E-state index in [4.69, 9.17) is 4.74 Å². The van der Waals surface area contributed by atoms with Gasteiger partial charge < -0.3 is 15.4 Å². The SMILES string of the molecule is CCNC(=NCc1cc(F)ccc1F)NCCCCN1CCOCC1. The van der Waals surface area contributed by atoms with Gasteiger partial charge in [0.15, 0.2) is 5.96 Å². The molecule has 0 aromatic heterocycles. The van der Waals surface area contributed by atoms with Crippen LogP contribution in [0.15, 0.2) is 23.2 Å². The van der Waals surface area contributed by atoms with Gasteiger partial charge in [0, 0.05) is 31.7 Å². The fourth-order valence-electron chi connectivity index (χ4n) is 2.66. The number of morpholine rings is 1. The molecule has 1 aliphatic heterocycles. The molecule has 2 rings (SSSR count). The second-order valence-corrected chi connectivity index (χ2v) is 6.02. The molecule has 0 unspecified atom stereocenters. The molecule has 0 atom stereocenters. The molecule has 25 heavy (non-hydrogen) atoms. The smallest absolute Gasteiger partial charge is 0.191 e. The first-order valence-electron chi connectivity index (χ1n) is 8.95. The number of hydrogen-bond acceptors (Lipinski definition) is 3. The molecule has 0 radical (unpaired) electrons. The first-order valence-corrected chi connectivity index (χ1v) is 8.95. The summed E-state index contributed by atoms with van der Waals surface area (Å²) in [6.45, 7) is 8.33. The van der Waals surface area contributed by atoms with E-state index < -0.39 is 11.6 Å². The molecule has 0 spiro atoms. The van der Waals surface area contributed by atoms with Crippen molar-refractivity contribution in [2.45, 2.75) is 26.3 Å². The van der Waals surface area contributed by atoms with Crippen LogP contribution < -0.4 is 10.6 Å². The van der Waals surface area contributed by atoms with Crippen molar-refractivity contribution < 1.29 is 13.5 Å². The Morgan fingerprint density at radius 2 is 2.00 bits per heavy atom. The molecule has 0 saturated carbocycles. The fourth-order valence-corrected chi connectivity index (χ4v) is 2.66. The molecule has 1 saturated heterocycles. The summed E-state index contributed by atoms with van der Waals surface area (Å²) in [6, 6.07) is 3.43. The molecule has 0 amide bonds. The molecule has 5 nitrogen and oxygen atoms in total. The minimum atomic E-state index is -0.451. The van der Waals surface area contributed by atoms with Gasteiger partial charge in [0.25, 0.3) is 0 Å². The van der Waals surface area contributed by atoms with Crippen molar-refractivity contribution in [1.82, 2.24) is 15.5 Å². The lowest BCUT2D eigenvalue weighted by atomic mass is 10.2. The lowest BCUT2D eigenvalue weighted by Gasteiger charge is -2.26. The van der Waals surface area contributed by atoms with Gasteiger partial charge in [-0.15, -0.1) is 0 Å². The number of halogens is 2. The lowest BCUT2D eigenvalue weighted by Crippen LogP contribution is -2.39. The van der Waals surface area contributed by atoms with Gasteiger partial charge in [0.05, 0.1) is 19.8 Å². The monoisotopic (exact) mass is 354 g/mol. The summed E-state index contributed by atoms with van der Waals surface area (Å²) in [6.07, 6.45) is 2.13. The number of hydrogen-bond donors (Lipinski definition) is 2. The van der Waals surface area contributed by atoms with E-state index in [2.05, 4.69) is 20.5 Å². The minimum Gasteiger partial charge on any atom is -0.379 e. The van der Waals surface area contributed by atoms with Crippen LogP contribution in [0.4, 0.5) is 8.78 Å². The highest BCUT2D eigenvalue weighted by molar-refractivity contribution is 5.79. The second kappa shape index (κ2) is 11.0. The highest BCUT2D eigenvalue weighted by atomic mass is 19.1. The van der Waals surface area contributed by atoms with Gasteiger partial charge in [-0.05, 0) is 44.5 Å². The van der Waals surface area contributed by atoms with Crippen molar-refractivity contribution >= 4 is 5.96 Å². The van der Waals surface area contributed by atoms with E-state index in [-0.39, 0.29) is 12.1 Å². The number of unbranched alkanes of at least 4 members (excludes halogenated alkanes) is 1. The number of nitrogens with zero attached hydrogens (tertiary/aromatic N) is 2. The summed E-state index contributed by atoms with van der Waals surface area (Å²) in [5.74, 6) is -0.267. The summed E-state index contributed by atoms with van der Waals surface area (Å²) in [7, 11) is 0. The molecule has 2 N–H and O–H groups in total. The van der Waals surface area contributed by atoms with E-state index in [1.807, 2.05) is 6.92 Å². The van der Waals surface area contributed by atoms with Crippen molar-refractivity contribution in [2.75, 3.05) is 45.9 Å². The Balaban J connectivity index is 1.72. The summed E-state index contributed by atoms with van der Waals surface area (Å²) in [4.78, 5) is 6.75. The van der Waals surface area contributed by atoms with Gasteiger partial charge >= 0.3 is 0 Å². The van der Waals surface area contributed by atoms with Gasteiger partial charge in [-0.3, -0.25) is 4.90 Å². The summed E-state index contributed by atoms with van der Waals surface area (Å²) in [5, 5.41) is 6.37. The van der Waals surface area contributed by atoms with Crippen LogP contribution >= 0.6 is 0 Å². The molecule has 1 aromatic carbocycles. The molecular formula is C18H28F2N4O. The maximum absolute atomic E-state index is 13.6. The average Bonchev–Trinajstić information content (AvgIpc) is 2.62.